The van der Waals surface area contributed by atoms with E-state index >= 15 is 0 Å². The van der Waals surface area contributed by atoms with Gasteiger partial charge in [0.2, 0.25) is 0 Å². The van der Waals surface area contributed by atoms with E-state index in [-0.39, 0.29) is 22.2 Å². The summed E-state index contributed by atoms with van der Waals surface area (Å²) in [6.45, 7) is 0.286. The number of nitrogens with zero attached hydrogens (tertiary/aromatic N) is 1. The summed E-state index contributed by atoms with van der Waals surface area (Å²) in [5.41, 5.74) is 4.64. The van der Waals surface area contributed by atoms with Crippen molar-refractivity contribution >= 4 is 57.6 Å². The number of benzene rings is 4. The summed E-state index contributed by atoms with van der Waals surface area (Å²) in [5, 5.41) is 3.98. The second kappa shape index (κ2) is 9.21. The van der Waals surface area contributed by atoms with E-state index in [2.05, 4.69) is 5.43 Å². The highest BCUT2D eigenvalue weighted by Gasteiger charge is 2.34. The molecule has 0 bridgehead atoms. The summed E-state index contributed by atoms with van der Waals surface area (Å²) in [4.78, 5) is 25.3. The zero-order chi connectivity index (χ0) is 23.7. The van der Waals surface area contributed by atoms with Crippen molar-refractivity contribution in [2.45, 2.75) is 6.61 Å². The average molecular weight is 489 g/mol. The zero-order valence-electron chi connectivity index (χ0n) is 17.8. The molecule has 5 rings (SSSR count). The topological polar surface area (TPSA) is 58.6 Å². The lowest BCUT2D eigenvalue weighted by atomic mass is 10.1. The number of carbonyl (C=O) groups excluding carboxylic acids is 2. The van der Waals surface area contributed by atoms with Gasteiger partial charge in [-0.1, -0.05) is 83.9 Å². The van der Waals surface area contributed by atoms with Gasteiger partial charge in [0.1, 0.15) is 12.2 Å². The monoisotopic (exact) mass is 488 g/mol. The van der Waals surface area contributed by atoms with E-state index < -0.39 is 11.8 Å². The molecule has 4 aromatic carbocycles. The Morgan fingerprint density at radius 1 is 0.853 bits per heavy atom. The van der Waals surface area contributed by atoms with Crippen molar-refractivity contribution in [1.29, 1.82) is 0 Å². The molecule has 0 radical (unpaired) electrons. The fourth-order valence-electron chi connectivity index (χ4n) is 3.85. The third-order valence-corrected chi connectivity index (χ3v) is 6.05. The maximum Gasteiger partial charge on any atom is 0.282 e. The van der Waals surface area contributed by atoms with Crippen molar-refractivity contribution in [3.8, 4) is 5.75 Å². The van der Waals surface area contributed by atoms with Crippen molar-refractivity contribution < 1.29 is 14.3 Å². The van der Waals surface area contributed by atoms with Gasteiger partial charge in [-0.2, -0.15) is 0 Å². The quantitative estimate of drug-likeness (QED) is 0.269. The Labute approximate surface area is 206 Å². The molecule has 0 aromatic heterocycles. The first-order valence-corrected chi connectivity index (χ1v) is 11.3. The van der Waals surface area contributed by atoms with E-state index in [1.165, 1.54) is 11.1 Å². The number of nitrogens with one attached hydrogen (secondary N) is 1. The summed E-state index contributed by atoms with van der Waals surface area (Å²) >= 11 is 12.9. The number of halogens is 2. The first-order chi connectivity index (χ1) is 16.5. The smallest absolute Gasteiger partial charge is 0.282 e. The van der Waals surface area contributed by atoms with Gasteiger partial charge in [0, 0.05) is 0 Å². The van der Waals surface area contributed by atoms with Crippen LogP contribution in [0.1, 0.15) is 11.1 Å². The number of ether oxygens (including phenoxy) is 1. The molecule has 1 aliphatic rings. The number of para-hydroxylation sites is 1. The van der Waals surface area contributed by atoms with Gasteiger partial charge in [0.15, 0.2) is 5.75 Å². The van der Waals surface area contributed by atoms with Crippen LogP contribution < -0.4 is 15.2 Å². The van der Waals surface area contributed by atoms with Gasteiger partial charge < -0.3 is 4.74 Å². The minimum absolute atomic E-state index is 0.0135. The number of hydrogen-bond acceptors (Lipinski definition) is 3. The van der Waals surface area contributed by atoms with Crippen LogP contribution in [0.4, 0.5) is 5.69 Å². The van der Waals surface area contributed by atoms with E-state index in [0.717, 1.165) is 16.3 Å². The molecular formula is C27H18Cl2N2O3. The maximum atomic E-state index is 12.8. The van der Waals surface area contributed by atoms with Crippen LogP contribution in [0, 0.1) is 0 Å². The number of amides is 2. The molecule has 1 saturated heterocycles. The number of anilines is 1. The summed E-state index contributed by atoms with van der Waals surface area (Å²) in [5.74, 6) is -0.622. The van der Waals surface area contributed by atoms with E-state index in [1.807, 2.05) is 48.5 Å². The van der Waals surface area contributed by atoms with Crippen LogP contribution in [0.5, 0.6) is 5.75 Å². The van der Waals surface area contributed by atoms with Crippen molar-refractivity contribution in [2.75, 3.05) is 5.01 Å². The Balaban J connectivity index is 1.38. The molecule has 4 aromatic rings. The van der Waals surface area contributed by atoms with Crippen LogP contribution >= 0.6 is 23.2 Å². The lowest BCUT2D eigenvalue weighted by Crippen LogP contribution is -2.35. The molecule has 2 amide bonds. The molecule has 0 aliphatic carbocycles. The molecule has 0 saturated carbocycles. The van der Waals surface area contributed by atoms with Crippen LogP contribution in [0.2, 0.25) is 10.0 Å². The fraction of sp³-hybridized carbons (Fsp3) is 0.0370. The molecule has 0 spiro atoms. The average Bonchev–Trinajstić information content (AvgIpc) is 3.12. The van der Waals surface area contributed by atoms with Gasteiger partial charge in [-0.3, -0.25) is 15.0 Å². The Kier molecular flexibility index (Phi) is 5.97. The summed E-state index contributed by atoms with van der Waals surface area (Å²) in [6, 6.07) is 26.2. The van der Waals surface area contributed by atoms with Crippen LogP contribution in [-0.4, -0.2) is 11.8 Å². The predicted molar refractivity (Wildman–Crippen MR) is 135 cm³/mol. The molecular weight excluding hydrogens is 471 g/mol. The molecule has 1 aliphatic heterocycles. The first kappa shape index (κ1) is 22.0. The molecule has 168 valence electrons. The number of hydrogen-bond donors (Lipinski definition) is 1. The Morgan fingerprint density at radius 2 is 1.53 bits per heavy atom. The lowest BCUT2D eigenvalue weighted by molar-refractivity contribution is -0.117. The number of carbonyl (C=O) groups is 2. The Bertz CT molecular complexity index is 1420. The molecule has 7 heteroatoms. The minimum atomic E-state index is -0.502. The van der Waals surface area contributed by atoms with Crippen LogP contribution in [0.15, 0.2) is 90.5 Å². The first-order valence-electron chi connectivity index (χ1n) is 10.5. The van der Waals surface area contributed by atoms with Crippen LogP contribution in [0.3, 0.4) is 0 Å². The predicted octanol–water partition coefficient (Wildman–Crippen LogP) is 6.19. The van der Waals surface area contributed by atoms with Gasteiger partial charge in [0.25, 0.3) is 11.8 Å². The van der Waals surface area contributed by atoms with Crippen molar-refractivity contribution in [3.63, 3.8) is 0 Å². The molecule has 1 N–H and O–H groups in total. The standard InChI is InChI=1S/C27H18Cl2N2O3/c28-23-14-17(13-22-26(32)30-31(27(22)33)20-10-2-1-3-11-20)15-24(29)25(23)34-16-19-9-6-8-18-7-4-5-12-21(18)19/h1-15H,16H2,(H,30,32)/b22-13-. The maximum absolute atomic E-state index is 12.8. The zero-order valence-corrected chi connectivity index (χ0v) is 19.3. The van der Waals surface area contributed by atoms with Gasteiger partial charge in [0.05, 0.1) is 15.7 Å². The van der Waals surface area contributed by atoms with E-state index in [4.69, 9.17) is 27.9 Å². The van der Waals surface area contributed by atoms with Gasteiger partial charge in [-0.05, 0) is 52.2 Å². The fourth-order valence-corrected chi connectivity index (χ4v) is 4.46. The van der Waals surface area contributed by atoms with Gasteiger partial charge in [-0.25, -0.2) is 5.01 Å². The molecule has 1 fully saturated rings. The Morgan fingerprint density at radius 3 is 2.29 bits per heavy atom. The Hall–Kier alpha value is -3.80. The summed E-state index contributed by atoms with van der Waals surface area (Å²) in [6.07, 6.45) is 1.47. The van der Waals surface area contributed by atoms with Crippen molar-refractivity contribution in [1.82, 2.24) is 5.43 Å². The minimum Gasteiger partial charge on any atom is -0.486 e. The number of fused-ring (bicyclic) bond motifs is 1. The normalized spacial score (nSPS) is 14.6. The van der Waals surface area contributed by atoms with E-state index in [9.17, 15) is 9.59 Å². The third kappa shape index (κ3) is 4.23. The van der Waals surface area contributed by atoms with E-state index in [1.54, 1.807) is 36.4 Å². The molecule has 0 atom stereocenters. The molecule has 34 heavy (non-hydrogen) atoms. The third-order valence-electron chi connectivity index (χ3n) is 5.49. The van der Waals surface area contributed by atoms with Crippen molar-refractivity contribution in [2.24, 2.45) is 0 Å². The van der Waals surface area contributed by atoms with Gasteiger partial charge >= 0.3 is 0 Å². The SMILES string of the molecule is O=C1NN(c2ccccc2)C(=O)/C1=C\c1cc(Cl)c(OCc2cccc3ccccc23)c(Cl)c1. The number of rotatable bonds is 5. The molecule has 5 nitrogen and oxygen atoms in total. The summed E-state index contributed by atoms with van der Waals surface area (Å²) < 4.78 is 5.96. The highest BCUT2D eigenvalue weighted by Crippen LogP contribution is 2.36. The highest BCUT2D eigenvalue weighted by molar-refractivity contribution is 6.37. The second-order valence-corrected chi connectivity index (χ2v) is 8.53. The van der Waals surface area contributed by atoms with E-state index in [0.29, 0.717) is 17.0 Å². The van der Waals surface area contributed by atoms with Crippen LogP contribution in [-0.2, 0) is 16.2 Å². The number of hydrazine groups is 1. The van der Waals surface area contributed by atoms with Gasteiger partial charge in [-0.15, -0.1) is 0 Å². The molecule has 0 unspecified atom stereocenters. The van der Waals surface area contributed by atoms with Crippen molar-refractivity contribution in [3.05, 3.63) is 112 Å². The highest BCUT2D eigenvalue weighted by atomic mass is 35.5. The second-order valence-electron chi connectivity index (χ2n) is 7.72. The van der Waals surface area contributed by atoms with Crippen LogP contribution in [0.25, 0.3) is 16.8 Å². The molecule has 1 heterocycles. The lowest BCUT2D eigenvalue weighted by Gasteiger charge is -2.14. The largest absolute Gasteiger partial charge is 0.486 e. The summed E-state index contributed by atoms with van der Waals surface area (Å²) in [7, 11) is 0.